The SMILES string of the molecule is Cc1cccc(C(=O)NCC2CCN(c3cccc(Br)c3)C2)c1I. The lowest BCUT2D eigenvalue weighted by atomic mass is 10.1. The van der Waals surface area contributed by atoms with E-state index in [0.29, 0.717) is 5.92 Å². The maximum Gasteiger partial charge on any atom is 0.252 e. The second kappa shape index (κ2) is 7.87. The minimum atomic E-state index is 0.0315. The van der Waals surface area contributed by atoms with Gasteiger partial charge >= 0.3 is 0 Å². The number of hydrogen-bond donors (Lipinski definition) is 1. The molecule has 0 aliphatic carbocycles. The molecule has 0 spiro atoms. The lowest BCUT2D eigenvalue weighted by Crippen LogP contribution is -2.31. The first-order chi connectivity index (χ1) is 11.5. The van der Waals surface area contributed by atoms with Gasteiger partial charge in [-0.3, -0.25) is 4.79 Å². The van der Waals surface area contributed by atoms with Crippen molar-refractivity contribution in [1.29, 1.82) is 0 Å². The normalized spacial score (nSPS) is 17.1. The third kappa shape index (κ3) is 4.11. The van der Waals surface area contributed by atoms with Gasteiger partial charge in [-0.15, -0.1) is 0 Å². The number of halogens is 2. The zero-order chi connectivity index (χ0) is 17.1. The van der Waals surface area contributed by atoms with E-state index in [1.807, 2.05) is 31.2 Å². The third-order valence-electron chi connectivity index (χ3n) is 4.45. The van der Waals surface area contributed by atoms with Crippen molar-refractivity contribution in [1.82, 2.24) is 5.32 Å². The highest BCUT2D eigenvalue weighted by Crippen LogP contribution is 2.26. The molecular weight excluding hydrogens is 479 g/mol. The summed E-state index contributed by atoms with van der Waals surface area (Å²) < 4.78 is 2.14. The van der Waals surface area contributed by atoms with E-state index >= 15 is 0 Å². The highest BCUT2D eigenvalue weighted by atomic mass is 127. The van der Waals surface area contributed by atoms with Gasteiger partial charge in [0.1, 0.15) is 0 Å². The molecule has 2 aromatic rings. The molecule has 2 aromatic carbocycles. The van der Waals surface area contributed by atoms with Crippen molar-refractivity contribution in [2.24, 2.45) is 5.92 Å². The van der Waals surface area contributed by atoms with Crippen molar-refractivity contribution < 1.29 is 4.79 Å². The van der Waals surface area contributed by atoms with Gasteiger partial charge in [0.15, 0.2) is 0 Å². The molecule has 0 aromatic heterocycles. The highest BCUT2D eigenvalue weighted by molar-refractivity contribution is 14.1. The van der Waals surface area contributed by atoms with Gasteiger partial charge in [0.25, 0.3) is 5.91 Å². The van der Waals surface area contributed by atoms with Crippen molar-refractivity contribution in [3.05, 3.63) is 61.6 Å². The Morgan fingerprint density at radius 3 is 2.92 bits per heavy atom. The van der Waals surface area contributed by atoms with Crippen LogP contribution in [0.1, 0.15) is 22.3 Å². The number of aryl methyl sites for hydroxylation is 1. The molecule has 1 saturated heterocycles. The molecule has 1 N–H and O–H groups in total. The number of hydrogen-bond acceptors (Lipinski definition) is 2. The van der Waals surface area contributed by atoms with Crippen LogP contribution < -0.4 is 10.2 Å². The molecule has 1 aliphatic rings. The second-order valence-corrected chi connectivity index (χ2v) is 8.22. The second-order valence-electron chi connectivity index (χ2n) is 6.23. The van der Waals surface area contributed by atoms with E-state index in [4.69, 9.17) is 0 Å². The Labute approximate surface area is 165 Å². The van der Waals surface area contributed by atoms with Gasteiger partial charge in [-0.2, -0.15) is 0 Å². The number of amides is 1. The van der Waals surface area contributed by atoms with Gasteiger partial charge < -0.3 is 10.2 Å². The molecule has 3 rings (SSSR count). The van der Waals surface area contributed by atoms with Crippen LogP contribution in [-0.2, 0) is 0 Å². The van der Waals surface area contributed by atoms with Crippen molar-refractivity contribution in [3.8, 4) is 0 Å². The standard InChI is InChI=1S/C19H20BrIN2O/c1-13-4-2-7-17(18(13)21)19(24)22-11-14-8-9-23(12-14)16-6-3-5-15(20)10-16/h2-7,10,14H,8-9,11-12H2,1H3,(H,22,24). The smallest absolute Gasteiger partial charge is 0.252 e. The lowest BCUT2D eigenvalue weighted by molar-refractivity contribution is 0.0947. The van der Waals surface area contributed by atoms with Crippen LogP contribution in [0.25, 0.3) is 0 Å². The Hall–Kier alpha value is -1.08. The molecule has 1 atom stereocenters. The molecular formula is C19H20BrIN2O. The largest absolute Gasteiger partial charge is 0.371 e. The van der Waals surface area contributed by atoms with Gasteiger partial charge in [-0.05, 0) is 71.7 Å². The first-order valence-corrected chi connectivity index (χ1v) is 9.95. The molecule has 5 heteroatoms. The summed E-state index contributed by atoms with van der Waals surface area (Å²) in [5.74, 6) is 0.527. The van der Waals surface area contributed by atoms with E-state index in [1.165, 1.54) is 5.69 Å². The van der Waals surface area contributed by atoms with Crippen LogP contribution in [0.5, 0.6) is 0 Å². The topological polar surface area (TPSA) is 32.3 Å². The summed E-state index contributed by atoms with van der Waals surface area (Å²) in [6.07, 6.45) is 1.11. The van der Waals surface area contributed by atoms with E-state index in [-0.39, 0.29) is 5.91 Å². The van der Waals surface area contributed by atoms with Gasteiger partial charge in [-0.1, -0.05) is 34.1 Å². The monoisotopic (exact) mass is 498 g/mol. The first-order valence-electron chi connectivity index (χ1n) is 8.08. The average molecular weight is 499 g/mol. The van der Waals surface area contributed by atoms with Gasteiger partial charge in [-0.25, -0.2) is 0 Å². The van der Waals surface area contributed by atoms with Crippen LogP contribution in [0.2, 0.25) is 0 Å². The maximum atomic E-state index is 12.4. The van der Waals surface area contributed by atoms with Gasteiger partial charge in [0, 0.05) is 33.4 Å². The number of rotatable bonds is 4. The predicted molar refractivity (Wildman–Crippen MR) is 111 cm³/mol. The summed E-state index contributed by atoms with van der Waals surface area (Å²) in [5.41, 5.74) is 3.16. The fourth-order valence-electron chi connectivity index (χ4n) is 3.06. The molecule has 0 saturated carbocycles. The number of nitrogens with one attached hydrogen (secondary N) is 1. The molecule has 126 valence electrons. The molecule has 1 unspecified atom stereocenters. The van der Waals surface area contributed by atoms with E-state index in [9.17, 15) is 4.79 Å². The summed E-state index contributed by atoms with van der Waals surface area (Å²) in [5, 5.41) is 3.11. The van der Waals surface area contributed by atoms with Crippen LogP contribution in [0.15, 0.2) is 46.9 Å². The van der Waals surface area contributed by atoms with Gasteiger partial charge in [0.05, 0.1) is 5.56 Å². The summed E-state index contributed by atoms with van der Waals surface area (Å²) in [4.78, 5) is 14.8. The Morgan fingerprint density at radius 1 is 1.33 bits per heavy atom. The van der Waals surface area contributed by atoms with Crippen molar-refractivity contribution in [2.75, 3.05) is 24.5 Å². The lowest BCUT2D eigenvalue weighted by Gasteiger charge is -2.19. The number of carbonyl (C=O) groups is 1. The predicted octanol–water partition coefficient (Wildman–Crippen LogP) is 4.62. The Morgan fingerprint density at radius 2 is 2.12 bits per heavy atom. The van der Waals surface area contributed by atoms with Crippen molar-refractivity contribution >= 4 is 50.1 Å². The molecule has 1 aliphatic heterocycles. The number of carbonyl (C=O) groups excluding carboxylic acids is 1. The van der Waals surface area contributed by atoms with Crippen LogP contribution in [-0.4, -0.2) is 25.5 Å². The minimum Gasteiger partial charge on any atom is -0.371 e. The zero-order valence-electron chi connectivity index (χ0n) is 13.6. The maximum absolute atomic E-state index is 12.4. The van der Waals surface area contributed by atoms with Crippen LogP contribution in [0.4, 0.5) is 5.69 Å². The molecule has 1 heterocycles. The summed E-state index contributed by atoms with van der Waals surface area (Å²) in [7, 11) is 0. The van der Waals surface area contributed by atoms with E-state index in [1.54, 1.807) is 0 Å². The molecule has 1 fully saturated rings. The zero-order valence-corrected chi connectivity index (χ0v) is 17.3. The number of benzene rings is 2. The fraction of sp³-hybridized carbons (Fsp3) is 0.316. The fourth-order valence-corrected chi connectivity index (χ4v) is 4.05. The Balaban J connectivity index is 1.56. The minimum absolute atomic E-state index is 0.0315. The van der Waals surface area contributed by atoms with E-state index in [2.05, 4.69) is 66.9 Å². The Kier molecular flexibility index (Phi) is 5.81. The molecule has 0 radical (unpaired) electrons. The molecule has 24 heavy (non-hydrogen) atoms. The molecule has 3 nitrogen and oxygen atoms in total. The number of anilines is 1. The van der Waals surface area contributed by atoms with E-state index in [0.717, 1.165) is 45.2 Å². The molecule has 0 bridgehead atoms. The third-order valence-corrected chi connectivity index (χ3v) is 6.37. The highest BCUT2D eigenvalue weighted by Gasteiger charge is 2.23. The summed E-state index contributed by atoms with van der Waals surface area (Å²) >= 11 is 5.78. The Bertz CT molecular complexity index is 750. The van der Waals surface area contributed by atoms with E-state index < -0.39 is 0 Å². The first kappa shape index (κ1) is 17.7. The van der Waals surface area contributed by atoms with Crippen LogP contribution in [0.3, 0.4) is 0 Å². The average Bonchev–Trinajstić information content (AvgIpc) is 3.04. The van der Waals surface area contributed by atoms with Crippen LogP contribution >= 0.6 is 38.5 Å². The summed E-state index contributed by atoms with van der Waals surface area (Å²) in [6, 6.07) is 14.3. The number of nitrogens with zero attached hydrogens (tertiary/aromatic N) is 1. The molecule has 1 amide bonds. The van der Waals surface area contributed by atoms with Crippen LogP contribution in [0, 0.1) is 16.4 Å². The summed E-state index contributed by atoms with van der Waals surface area (Å²) in [6.45, 7) is 4.79. The van der Waals surface area contributed by atoms with Crippen molar-refractivity contribution in [3.63, 3.8) is 0 Å². The van der Waals surface area contributed by atoms with Crippen molar-refractivity contribution in [2.45, 2.75) is 13.3 Å². The van der Waals surface area contributed by atoms with Gasteiger partial charge in [0.2, 0.25) is 0 Å². The quantitative estimate of drug-likeness (QED) is 0.624.